The maximum atomic E-state index is 13.2. The largest absolute Gasteiger partial charge is 0.494 e. The van der Waals surface area contributed by atoms with E-state index in [0.717, 1.165) is 33.6 Å². The summed E-state index contributed by atoms with van der Waals surface area (Å²) in [5, 5.41) is 39.7. The summed E-state index contributed by atoms with van der Waals surface area (Å²) < 4.78 is 16.5. The van der Waals surface area contributed by atoms with Crippen molar-refractivity contribution < 1.29 is 44.2 Å². The van der Waals surface area contributed by atoms with Crippen LogP contribution in [-0.2, 0) is 31.9 Å². The molecule has 0 aromatic heterocycles. The summed E-state index contributed by atoms with van der Waals surface area (Å²) in [6.07, 6.45) is -4.92. The summed E-state index contributed by atoms with van der Waals surface area (Å²) in [5.41, 5.74) is 5.92. The molecule has 1 heterocycles. The Hall–Kier alpha value is -2.99. The molecule has 1 saturated heterocycles. The van der Waals surface area contributed by atoms with Gasteiger partial charge >= 0.3 is 5.97 Å². The zero-order valence-electron chi connectivity index (χ0n) is 24.0. The molecule has 4 N–H and O–H groups in total. The van der Waals surface area contributed by atoms with Crippen LogP contribution in [0, 0.1) is 19.8 Å². The molecule has 6 atom stereocenters. The summed E-state index contributed by atoms with van der Waals surface area (Å²) in [7, 11) is 0. The summed E-state index contributed by atoms with van der Waals surface area (Å²) in [6, 6.07) is 11.8. The highest BCUT2D eigenvalue weighted by molar-refractivity contribution is 7.80. The minimum Gasteiger partial charge on any atom is -0.494 e. The third-order valence-electron chi connectivity index (χ3n) is 7.77. The van der Waals surface area contributed by atoms with E-state index in [1.54, 1.807) is 0 Å². The van der Waals surface area contributed by atoms with Crippen molar-refractivity contribution in [2.75, 3.05) is 13.2 Å². The van der Waals surface area contributed by atoms with Gasteiger partial charge in [-0.25, -0.2) is 4.79 Å². The number of allylic oxidation sites excluding steroid dienone is 1. The van der Waals surface area contributed by atoms with E-state index >= 15 is 0 Å². The van der Waals surface area contributed by atoms with Crippen LogP contribution >= 0.6 is 12.2 Å². The van der Waals surface area contributed by atoms with Gasteiger partial charge in [0.05, 0.1) is 13.2 Å². The molecule has 10 heteroatoms. The summed E-state index contributed by atoms with van der Waals surface area (Å²) >= 11 is 5.89. The van der Waals surface area contributed by atoms with Gasteiger partial charge in [-0.3, -0.25) is 4.79 Å². The molecule has 6 unspecified atom stereocenters. The number of rotatable bonds is 12. The first-order valence-electron chi connectivity index (χ1n) is 14.1. The third kappa shape index (κ3) is 7.50. The number of carboxylic acids is 1. The van der Waals surface area contributed by atoms with E-state index in [1.807, 2.05) is 51.1 Å². The van der Waals surface area contributed by atoms with Gasteiger partial charge in [-0.15, -0.1) is 0 Å². The molecular weight excluding hydrogens is 560 g/mol. The minimum atomic E-state index is -1.80. The van der Waals surface area contributed by atoms with Gasteiger partial charge in [0.15, 0.2) is 18.2 Å². The van der Waals surface area contributed by atoms with Gasteiger partial charge in [-0.05, 0) is 85.6 Å². The normalized spacial score (nSPS) is 24.5. The van der Waals surface area contributed by atoms with Gasteiger partial charge in [0, 0.05) is 17.7 Å². The molecule has 1 aliphatic heterocycles. The molecular formula is C32H38O9S. The van der Waals surface area contributed by atoms with Gasteiger partial charge in [0.1, 0.15) is 24.1 Å². The summed E-state index contributed by atoms with van der Waals surface area (Å²) in [4.78, 5) is 25.4. The molecule has 2 aliphatic rings. The van der Waals surface area contributed by atoms with E-state index in [0.29, 0.717) is 42.7 Å². The lowest BCUT2D eigenvalue weighted by molar-refractivity contribution is -0.294. The second kappa shape index (κ2) is 14.0. The molecule has 0 amide bonds. The van der Waals surface area contributed by atoms with Crippen molar-refractivity contribution in [3.05, 3.63) is 69.8 Å². The number of thiocarbonyl (C=S) groups is 1. The quantitative estimate of drug-likeness (QED) is 0.269. The van der Waals surface area contributed by atoms with Crippen LogP contribution in [0.4, 0.5) is 0 Å². The second-order valence-corrected chi connectivity index (χ2v) is 11.5. The van der Waals surface area contributed by atoms with Gasteiger partial charge in [0.25, 0.3) is 0 Å². The Balaban J connectivity index is 1.51. The van der Waals surface area contributed by atoms with Crippen LogP contribution in [0.5, 0.6) is 5.75 Å². The van der Waals surface area contributed by atoms with Crippen LogP contribution in [0.3, 0.4) is 0 Å². The first kappa shape index (κ1) is 31.9. The van der Waals surface area contributed by atoms with E-state index < -0.39 is 36.7 Å². The predicted molar refractivity (Wildman–Crippen MR) is 160 cm³/mol. The number of fused-ring (bicyclic) bond motifs is 1. The number of ketones is 1. The van der Waals surface area contributed by atoms with E-state index in [4.69, 9.17) is 26.4 Å². The number of benzene rings is 2. The van der Waals surface area contributed by atoms with Crippen LogP contribution < -0.4 is 4.74 Å². The molecule has 2 aromatic carbocycles. The number of Topliss-reactive ketones (excluding diaryl/α,β-unsaturated/α-hetero) is 1. The first-order valence-corrected chi connectivity index (χ1v) is 14.5. The molecule has 1 fully saturated rings. The zero-order valence-corrected chi connectivity index (χ0v) is 24.8. The Bertz CT molecular complexity index is 1340. The van der Waals surface area contributed by atoms with E-state index in [2.05, 4.69) is 12.1 Å². The predicted octanol–water partition coefficient (Wildman–Crippen LogP) is 3.13. The van der Waals surface area contributed by atoms with Crippen molar-refractivity contribution >= 4 is 34.9 Å². The fourth-order valence-electron chi connectivity index (χ4n) is 5.49. The highest BCUT2D eigenvalue weighted by atomic mass is 32.1. The third-order valence-corrected chi connectivity index (χ3v) is 8.25. The molecule has 9 nitrogen and oxygen atoms in total. The van der Waals surface area contributed by atoms with Crippen molar-refractivity contribution in [3.8, 4) is 5.75 Å². The number of carboxylic acid groups (broad SMARTS) is 1. The van der Waals surface area contributed by atoms with Gasteiger partial charge in [-0.2, -0.15) is 0 Å². The van der Waals surface area contributed by atoms with Gasteiger partial charge < -0.3 is 34.6 Å². The highest BCUT2D eigenvalue weighted by Crippen LogP contribution is 2.31. The fourth-order valence-corrected chi connectivity index (χ4v) is 5.86. The number of aliphatic hydroxyl groups is 3. The molecule has 1 aliphatic carbocycles. The number of hydrogen-bond acceptors (Lipinski definition) is 9. The summed E-state index contributed by atoms with van der Waals surface area (Å²) in [6.45, 7) is 6.52. The standard InChI is InChI=1S/C32H38O9S/c1-4-39-23-7-5-19(6-8-23)13-26(42)20(9-10-40-32-29(36)27(34)28(35)30(41-32)31(37)38)14-22-15-21-12-17(2)11-18(3)24(21)16-25(22)33/h5-8,11-12,15,20,27-30,32,34-36H,4,9-10,13-14,16H2,1-3H3,(H,37,38). The van der Waals surface area contributed by atoms with Crippen molar-refractivity contribution in [2.24, 2.45) is 5.92 Å². The highest BCUT2D eigenvalue weighted by Gasteiger charge is 2.47. The topological polar surface area (TPSA) is 143 Å². The number of aliphatic hydroxyl groups excluding tert-OH is 3. The SMILES string of the molecule is CCOc1ccc(CC(=S)C(CCOC2OC(C(=O)O)C(O)C(O)C2O)CC2=Cc3cc(C)cc(C)c3CC2=O)cc1. The number of carbonyl (C=O) groups is 2. The lowest BCUT2D eigenvalue weighted by Crippen LogP contribution is -2.60. The van der Waals surface area contributed by atoms with Crippen molar-refractivity contribution in [1.82, 2.24) is 0 Å². The monoisotopic (exact) mass is 598 g/mol. The fraction of sp³-hybridized carbons (Fsp3) is 0.469. The van der Waals surface area contributed by atoms with E-state index in [1.165, 1.54) is 0 Å². The Morgan fingerprint density at radius 2 is 1.81 bits per heavy atom. The number of aliphatic carboxylic acids is 1. The molecule has 0 saturated carbocycles. The average Bonchev–Trinajstić information content (AvgIpc) is 2.94. The molecule has 2 aromatic rings. The first-order chi connectivity index (χ1) is 20.0. The molecule has 0 radical (unpaired) electrons. The van der Waals surface area contributed by atoms with Crippen LogP contribution in [0.1, 0.15) is 47.6 Å². The second-order valence-electron chi connectivity index (χ2n) is 10.9. The van der Waals surface area contributed by atoms with Crippen LogP contribution in [0.25, 0.3) is 6.08 Å². The average molecular weight is 599 g/mol. The van der Waals surface area contributed by atoms with Gasteiger partial charge in [0.2, 0.25) is 0 Å². The molecule has 0 spiro atoms. The van der Waals surface area contributed by atoms with E-state index in [-0.39, 0.29) is 18.3 Å². The number of aryl methyl sites for hydroxylation is 2. The zero-order chi connectivity index (χ0) is 30.6. The van der Waals surface area contributed by atoms with E-state index in [9.17, 15) is 30.0 Å². The number of carbonyl (C=O) groups excluding carboxylic acids is 1. The lowest BCUT2D eigenvalue weighted by Gasteiger charge is -2.38. The van der Waals surface area contributed by atoms with Gasteiger partial charge in [-0.1, -0.05) is 42.0 Å². The Morgan fingerprint density at radius 1 is 1.10 bits per heavy atom. The molecule has 0 bridgehead atoms. The molecule has 4 rings (SSSR count). The number of ether oxygens (including phenoxy) is 3. The molecule has 226 valence electrons. The lowest BCUT2D eigenvalue weighted by atomic mass is 9.82. The Morgan fingerprint density at radius 3 is 2.48 bits per heavy atom. The smallest absolute Gasteiger partial charge is 0.335 e. The Labute approximate surface area is 250 Å². The number of hydrogen-bond donors (Lipinski definition) is 4. The maximum Gasteiger partial charge on any atom is 0.335 e. The van der Waals surface area contributed by atoms with Crippen LogP contribution in [0.15, 0.2) is 42.0 Å². The van der Waals surface area contributed by atoms with Crippen LogP contribution in [-0.4, -0.2) is 81.0 Å². The minimum absolute atomic E-state index is 0.00123. The van der Waals surface area contributed by atoms with Crippen molar-refractivity contribution in [2.45, 2.75) is 77.2 Å². The van der Waals surface area contributed by atoms with Crippen molar-refractivity contribution in [1.29, 1.82) is 0 Å². The Kier molecular flexibility index (Phi) is 10.6. The van der Waals surface area contributed by atoms with Crippen molar-refractivity contribution in [3.63, 3.8) is 0 Å². The maximum absolute atomic E-state index is 13.2. The summed E-state index contributed by atoms with van der Waals surface area (Å²) in [5.74, 6) is -0.945. The molecule has 42 heavy (non-hydrogen) atoms. The van der Waals surface area contributed by atoms with Crippen LogP contribution in [0.2, 0.25) is 0 Å².